The van der Waals surface area contributed by atoms with Gasteiger partial charge in [0.2, 0.25) is 0 Å². The number of rotatable bonds is 6. The summed E-state index contributed by atoms with van der Waals surface area (Å²) in [7, 11) is 0. The molecular formula is C17H27NO. The molecule has 1 fully saturated rings. The summed E-state index contributed by atoms with van der Waals surface area (Å²) >= 11 is 0. The lowest BCUT2D eigenvalue weighted by Crippen LogP contribution is -2.63. The van der Waals surface area contributed by atoms with Crippen molar-refractivity contribution in [2.75, 3.05) is 6.54 Å². The molecule has 0 saturated heterocycles. The number of nitrogens with one attached hydrogen (secondary N) is 1. The van der Waals surface area contributed by atoms with Crippen LogP contribution in [0, 0.1) is 5.41 Å². The maximum atomic E-state index is 6.24. The van der Waals surface area contributed by atoms with Gasteiger partial charge in [-0.15, -0.1) is 0 Å². The maximum absolute atomic E-state index is 6.24. The van der Waals surface area contributed by atoms with E-state index in [4.69, 9.17) is 4.74 Å². The highest BCUT2D eigenvalue weighted by molar-refractivity contribution is 5.29. The first-order valence-corrected chi connectivity index (χ1v) is 7.63. The largest absolute Gasteiger partial charge is 0.490 e. The lowest BCUT2D eigenvalue weighted by Gasteiger charge is -2.53. The van der Waals surface area contributed by atoms with Crippen molar-refractivity contribution in [3.8, 4) is 5.75 Å². The van der Waals surface area contributed by atoms with Gasteiger partial charge in [0.25, 0.3) is 0 Å². The van der Waals surface area contributed by atoms with Gasteiger partial charge in [0.15, 0.2) is 0 Å². The molecule has 2 nitrogen and oxygen atoms in total. The second-order valence-electron chi connectivity index (χ2n) is 5.81. The first-order valence-electron chi connectivity index (χ1n) is 7.63. The molecule has 0 amide bonds. The van der Waals surface area contributed by atoms with Crippen molar-refractivity contribution in [1.29, 1.82) is 0 Å². The molecule has 0 spiro atoms. The van der Waals surface area contributed by atoms with Gasteiger partial charge in [-0.1, -0.05) is 39.8 Å². The van der Waals surface area contributed by atoms with E-state index >= 15 is 0 Å². The highest BCUT2D eigenvalue weighted by Gasteiger charge is 2.51. The van der Waals surface area contributed by atoms with E-state index in [0.29, 0.717) is 12.1 Å². The Morgan fingerprint density at radius 2 is 2.11 bits per heavy atom. The second-order valence-corrected chi connectivity index (χ2v) is 5.81. The second kappa shape index (κ2) is 5.96. The van der Waals surface area contributed by atoms with Gasteiger partial charge in [0.1, 0.15) is 11.9 Å². The van der Waals surface area contributed by atoms with E-state index in [0.717, 1.165) is 31.6 Å². The van der Waals surface area contributed by atoms with Gasteiger partial charge in [-0.3, -0.25) is 0 Å². The predicted octanol–water partition coefficient (Wildman–Crippen LogP) is 3.79. The van der Waals surface area contributed by atoms with Crippen molar-refractivity contribution in [3.05, 3.63) is 29.8 Å². The molecule has 2 heteroatoms. The van der Waals surface area contributed by atoms with E-state index in [2.05, 4.69) is 57.3 Å². The van der Waals surface area contributed by atoms with Crippen molar-refractivity contribution in [3.63, 3.8) is 0 Å². The van der Waals surface area contributed by atoms with Gasteiger partial charge in [0.05, 0.1) is 0 Å². The van der Waals surface area contributed by atoms with Crippen molar-refractivity contribution in [2.45, 2.75) is 59.1 Å². The van der Waals surface area contributed by atoms with Crippen molar-refractivity contribution < 1.29 is 4.74 Å². The Kier molecular flexibility index (Phi) is 4.51. The van der Waals surface area contributed by atoms with Crippen LogP contribution < -0.4 is 10.1 Å². The Labute approximate surface area is 117 Å². The number of benzene rings is 1. The summed E-state index contributed by atoms with van der Waals surface area (Å²) in [6.07, 6.45) is 3.68. The van der Waals surface area contributed by atoms with Gasteiger partial charge in [0, 0.05) is 17.9 Å². The summed E-state index contributed by atoms with van der Waals surface area (Å²) in [5.41, 5.74) is 1.61. The summed E-state index contributed by atoms with van der Waals surface area (Å²) in [4.78, 5) is 0. The molecule has 1 saturated carbocycles. The fourth-order valence-corrected chi connectivity index (χ4v) is 3.04. The fourth-order valence-electron chi connectivity index (χ4n) is 3.04. The Hall–Kier alpha value is -1.02. The Morgan fingerprint density at radius 3 is 2.74 bits per heavy atom. The van der Waals surface area contributed by atoms with Crippen molar-refractivity contribution >= 4 is 0 Å². The van der Waals surface area contributed by atoms with Crippen LogP contribution in [0.15, 0.2) is 24.3 Å². The van der Waals surface area contributed by atoms with Crippen LogP contribution in [0.5, 0.6) is 5.75 Å². The molecule has 1 aromatic rings. The van der Waals surface area contributed by atoms with E-state index in [-0.39, 0.29) is 5.41 Å². The van der Waals surface area contributed by atoms with Gasteiger partial charge in [-0.25, -0.2) is 0 Å². The summed E-state index contributed by atoms with van der Waals surface area (Å²) in [6, 6.07) is 9.11. The van der Waals surface area contributed by atoms with E-state index in [1.807, 2.05) is 0 Å². The zero-order chi connectivity index (χ0) is 13.9. The lowest BCUT2D eigenvalue weighted by atomic mass is 9.61. The van der Waals surface area contributed by atoms with Crippen LogP contribution in [0.4, 0.5) is 0 Å². The molecule has 0 aliphatic heterocycles. The van der Waals surface area contributed by atoms with Crippen molar-refractivity contribution in [2.24, 2.45) is 5.41 Å². The molecule has 2 rings (SSSR count). The molecule has 1 aromatic carbocycles. The average Bonchev–Trinajstić information content (AvgIpc) is 2.45. The van der Waals surface area contributed by atoms with Crippen LogP contribution in [0.2, 0.25) is 0 Å². The number of aryl methyl sites for hydroxylation is 1. The third kappa shape index (κ3) is 2.79. The predicted molar refractivity (Wildman–Crippen MR) is 80.7 cm³/mol. The molecule has 19 heavy (non-hydrogen) atoms. The Bertz CT molecular complexity index is 417. The zero-order valence-electron chi connectivity index (χ0n) is 12.7. The monoisotopic (exact) mass is 261 g/mol. The summed E-state index contributed by atoms with van der Waals surface area (Å²) < 4.78 is 6.24. The molecule has 3 unspecified atom stereocenters. The van der Waals surface area contributed by atoms with Crippen LogP contribution in [-0.2, 0) is 6.42 Å². The molecular weight excluding hydrogens is 234 g/mol. The third-order valence-corrected chi connectivity index (χ3v) is 4.78. The average molecular weight is 261 g/mol. The Morgan fingerprint density at radius 1 is 1.32 bits per heavy atom. The van der Waals surface area contributed by atoms with E-state index < -0.39 is 0 Å². The van der Waals surface area contributed by atoms with Gasteiger partial charge in [-0.05, 0) is 37.1 Å². The number of hydrogen-bond acceptors (Lipinski definition) is 2. The number of hydrogen-bond donors (Lipinski definition) is 1. The van der Waals surface area contributed by atoms with Gasteiger partial charge >= 0.3 is 0 Å². The third-order valence-electron chi connectivity index (χ3n) is 4.78. The van der Waals surface area contributed by atoms with Crippen LogP contribution in [-0.4, -0.2) is 18.7 Å². The van der Waals surface area contributed by atoms with Crippen LogP contribution in [0.1, 0.15) is 46.1 Å². The quantitative estimate of drug-likeness (QED) is 0.841. The summed E-state index contributed by atoms with van der Waals surface area (Å²) in [5, 5.41) is 3.58. The molecule has 0 bridgehead atoms. The highest BCUT2D eigenvalue weighted by Crippen LogP contribution is 2.46. The smallest absolute Gasteiger partial charge is 0.120 e. The molecule has 1 N–H and O–H groups in total. The van der Waals surface area contributed by atoms with Gasteiger partial charge < -0.3 is 10.1 Å². The summed E-state index contributed by atoms with van der Waals surface area (Å²) in [6.45, 7) is 10.0. The molecule has 0 heterocycles. The summed E-state index contributed by atoms with van der Waals surface area (Å²) in [5.74, 6) is 1.03. The topological polar surface area (TPSA) is 21.3 Å². The molecule has 1 aliphatic rings. The first-order chi connectivity index (χ1) is 9.13. The van der Waals surface area contributed by atoms with Crippen molar-refractivity contribution in [1.82, 2.24) is 5.32 Å². The fraction of sp³-hybridized carbons (Fsp3) is 0.647. The van der Waals surface area contributed by atoms with E-state index in [9.17, 15) is 0 Å². The standard InChI is InChI=1S/C17H27NO/c1-5-13-9-8-10-14(11-13)19-16-12-15(18-7-3)17(16,4)6-2/h8-11,15-16,18H,5-7,12H2,1-4H3. The lowest BCUT2D eigenvalue weighted by molar-refractivity contribution is -0.0697. The van der Waals surface area contributed by atoms with Crippen LogP contribution >= 0.6 is 0 Å². The molecule has 0 radical (unpaired) electrons. The Balaban J connectivity index is 2.03. The molecule has 3 atom stereocenters. The van der Waals surface area contributed by atoms with Gasteiger partial charge in [-0.2, -0.15) is 0 Å². The van der Waals surface area contributed by atoms with Crippen LogP contribution in [0.3, 0.4) is 0 Å². The normalized spacial score (nSPS) is 29.9. The molecule has 106 valence electrons. The minimum absolute atomic E-state index is 0.262. The van der Waals surface area contributed by atoms with Crippen LogP contribution in [0.25, 0.3) is 0 Å². The molecule has 0 aromatic heterocycles. The minimum atomic E-state index is 0.262. The first kappa shape index (κ1) is 14.4. The number of ether oxygens (including phenoxy) is 1. The van der Waals surface area contributed by atoms with E-state index in [1.54, 1.807) is 0 Å². The zero-order valence-corrected chi connectivity index (χ0v) is 12.7. The SMILES string of the molecule is CCNC1CC(Oc2cccc(CC)c2)C1(C)CC. The maximum Gasteiger partial charge on any atom is 0.120 e. The minimum Gasteiger partial charge on any atom is -0.490 e. The van der Waals surface area contributed by atoms with E-state index in [1.165, 1.54) is 5.56 Å². The molecule has 1 aliphatic carbocycles. The highest BCUT2D eigenvalue weighted by atomic mass is 16.5.